The summed E-state index contributed by atoms with van der Waals surface area (Å²) >= 11 is 0. The van der Waals surface area contributed by atoms with Crippen LogP contribution in [0.5, 0.6) is 0 Å². The summed E-state index contributed by atoms with van der Waals surface area (Å²) < 4.78 is 10.3. The van der Waals surface area contributed by atoms with Gasteiger partial charge < -0.3 is 14.4 Å². The van der Waals surface area contributed by atoms with Crippen LogP contribution in [0, 0.1) is 5.92 Å². The van der Waals surface area contributed by atoms with E-state index in [0.717, 1.165) is 6.42 Å². The number of rotatable bonds is 3. The second kappa shape index (κ2) is 6.94. The molecule has 2 rings (SSSR count). The van der Waals surface area contributed by atoms with Gasteiger partial charge in [-0.3, -0.25) is 19.3 Å². The number of esters is 2. The predicted octanol–water partition coefficient (Wildman–Crippen LogP) is 1.20. The summed E-state index contributed by atoms with van der Waals surface area (Å²) in [6, 6.07) is 0.0175. The number of amides is 1. The number of hydrogen-bond donors (Lipinski definition) is 0. The summed E-state index contributed by atoms with van der Waals surface area (Å²) in [6.07, 6.45) is 1.42. The molecule has 0 spiro atoms. The molecular weight excluding hydrogens is 324 g/mol. The van der Waals surface area contributed by atoms with Gasteiger partial charge in [-0.2, -0.15) is 0 Å². The van der Waals surface area contributed by atoms with Crippen LogP contribution in [-0.2, 0) is 23.9 Å². The van der Waals surface area contributed by atoms with Gasteiger partial charge in [-0.05, 0) is 47.5 Å². The Morgan fingerprint density at radius 1 is 1.08 bits per heavy atom. The average Bonchev–Trinajstić information content (AvgIpc) is 2.51. The smallest absolute Gasteiger partial charge is 0.325 e. The minimum Gasteiger partial charge on any atom is -0.468 e. The van der Waals surface area contributed by atoms with Crippen LogP contribution < -0.4 is 0 Å². The Morgan fingerprint density at radius 2 is 1.72 bits per heavy atom. The fourth-order valence-corrected chi connectivity index (χ4v) is 3.48. The summed E-state index contributed by atoms with van der Waals surface area (Å²) in [7, 11) is 1.36. The monoisotopic (exact) mass is 354 g/mol. The highest BCUT2D eigenvalue weighted by atomic mass is 16.6. The van der Waals surface area contributed by atoms with Gasteiger partial charge in [0.2, 0.25) is 5.91 Å². The van der Waals surface area contributed by atoms with Crippen LogP contribution in [-0.4, -0.2) is 71.6 Å². The third kappa shape index (κ3) is 4.32. The zero-order valence-corrected chi connectivity index (χ0v) is 16.1. The lowest BCUT2D eigenvalue weighted by molar-refractivity contribution is -0.167. The summed E-state index contributed by atoms with van der Waals surface area (Å²) in [5, 5.41) is 0. The van der Waals surface area contributed by atoms with E-state index in [1.165, 1.54) is 7.11 Å². The van der Waals surface area contributed by atoms with Crippen molar-refractivity contribution in [3.63, 3.8) is 0 Å². The van der Waals surface area contributed by atoms with Crippen molar-refractivity contribution in [1.29, 1.82) is 0 Å². The van der Waals surface area contributed by atoms with Gasteiger partial charge in [0.1, 0.15) is 11.1 Å². The molecule has 0 aromatic heterocycles. The van der Waals surface area contributed by atoms with Gasteiger partial charge in [-0.1, -0.05) is 0 Å². The first-order valence-electron chi connectivity index (χ1n) is 8.81. The lowest BCUT2D eigenvalue weighted by Gasteiger charge is -2.49. The van der Waals surface area contributed by atoms with E-state index in [4.69, 9.17) is 9.47 Å². The Bertz CT molecular complexity index is 552. The number of ether oxygens (including phenoxy) is 2. The second-order valence-electron chi connectivity index (χ2n) is 8.44. The normalized spacial score (nSPS) is 25.4. The molecule has 2 aliphatic rings. The lowest BCUT2D eigenvalue weighted by atomic mass is 9.89. The van der Waals surface area contributed by atoms with Crippen LogP contribution in [0.15, 0.2) is 0 Å². The molecule has 2 atom stereocenters. The largest absolute Gasteiger partial charge is 0.468 e. The number of hydrogen-bond acceptors (Lipinski definition) is 6. The molecule has 7 nitrogen and oxygen atoms in total. The van der Waals surface area contributed by atoms with Crippen molar-refractivity contribution in [1.82, 2.24) is 9.80 Å². The molecule has 2 fully saturated rings. The molecule has 0 unspecified atom stereocenters. The van der Waals surface area contributed by atoms with E-state index in [2.05, 4.69) is 0 Å². The molecule has 1 amide bonds. The fraction of sp³-hybridized carbons (Fsp3) is 0.833. The number of piperidine rings is 1. The van der Waals surface area contributed by atoms with Crippen molar-refractivity contribution in [3.05, 3.63) is 0 Å². The molecule has 0 radical (unpaired) electrons. The first-order valence-corrected chi connectivity index (χ1v) is 8.81. The van der Waals surface area contributed by atoms with E-state index in [0.29, 0.717) is 19.5 Å². The molecule has 0 aromatic carbocycles. The molecular formula is C18H30N2O5. The van der Waals surface area contributed by atoms with Crippen LogP contribution in [0.4, 0.5) is 0 Å². The minimum absolute atomic E-state index is 0.0175. The molecule has 2 saturated heterocycles. The van der Waals surface area contributed by atoms with Crippen molar-refractivity contribution >= 4 is 17.8 Å². The summed E-state index contributed by atoms with van der Waals surface area (Å²) in [5.74, 6) is -0.923. The summed E-state index contributed by atoms with van der Waals surface area (Å²) in [4.78, 5) is 40.6. The van der Waals surface area contributed by atoms with E-state index < -0.39 is 11.1 Å². The van der Waals surface area contributed by atoms with Gasteiger partial charge in [0.15, 0.2) is 0 Å². The quantitative estimate of drug-likeness (QED) is 0.709. The van der Waals surface area contributed by atoms with E-state index in [9.17, 15) is 14.4 Å². The average molecular weight is 354 g/mol. The van der Waals surface area contributed by atoms with Crippen molar-refractivity contribution < 1.29 is 23.9 Å². The first kappa shape index (κ1) is 19.7. The number of fused-ring (bicyclic) bond motifs is 1. The molecule has 0 saturated carbocycles. The number of methoxy groups -OCH3 is 1. The second-order valence-corrected chi connectivity index (χ2v) is 8.44. The number of nitrogens with zero attached hydrogens (tertiary/aromatic N) is 2. The van der Waals surface area contributed by atoms with E-state index in [-0.39, 0.29) is 36.4 Å². The van der Waals surface area contributed by atoms with E-state index >= 15 is 0 Å². The Hall–Kier alpha value is -1.63. The summed E-state index contributed by atoms with van der Waals surface area (Å²) in [6.45, 7) is 10.2. The third-order valence-corrected chi connectivity index (χ3v) is 5.00. The Labute approximate surface area is 149 Å². The van der Waals surface area contributed by atoms with Crippen molar-refractivity contribution in [3.8, 4) is 0 Å². The summed E-state index contributed by atoms with van der Waals surface area (Å²) in [5.41, 5.74) is -1.38. The molecule has 0 N–H and O–H groups in total. The molecule has 0 bridgehead atoms. The topological polar surface area (TPSA) is 76.2 Å². The zero-order valence-electron chi connectivity index (χ0n) is 16.1. The molecule has 7 heteroatoms. The Morgan fingerprint density at radius 3 is 2.28 bits per heavy atom. The Balaban J connectivity index is 2.04. The van der Waals surface area contributed by atoms with Gasteiger partial charge in [-0.15, -0.1) is 0 Å². The van der Waals surface area contributed by atoms with Crippen LogP contribution in [0.2, 0.25) is 0 Å². The van der Waals surface area contributed by atoms with Gasteiger partial charge in [0.05, 0.1) is 19.6 Å². The predicted molar refractivity (Wildman–Crippen MR) is 91.7 cm³/mol. The van der Waals surface area contributed by atoms with E-state index in [1.807, 2.05) is 25.7 Å². The molecule has 142 valence electrons. The maximum Gasteiger partial charge on any atom is 0.325 e. The van der Waals surface area contributed by atoms with E-state index in [1.54, 1.807) is 18.7 Å². The maximum absolute atomic E-state index is 12.6. The lowest BCUT2D eigenvalue weighted by Crippen LogP contribution is -2.65. The van der Waals surface area contributed by atoms with Crippen LogP contribution in [0.25, 0.3) is 0 Å². The van der Waals surface area contributed by atoms with Gasteiger partial charge >= 0.3 is 11.9 Å². The molecule has 2 heterocycles. The number of carbonyl (C=O) groups is 3. The fourth-order valence-electron chi connectivity index (χ4n) is 3.48. The maximum atomic E-state index is 12.6. The van der Waals surface area contributed by atoms with Crippen molar-refractivity contribution in [2.24, 2.45) is 5.92 Å². The van der Waals surface area contributed by atoms with Crippen LogP contribution in [0.1, 0.15) is 47.5 Å². The van der Waals surface area contributed by atoms with Gasteiger partial charge in [0, 0.05) is 19.1 Å². The molecule has 2 aliphatic heterocycles. The van der Waals surface area contributed by atoms with Gasteiger partial charge in [-0.25, -0.2) is 0 Å². The highest BCUT2D eigenvalue weighted by Crippen LogP contribution is 2.30. The SMILES string of the molecule is COC(=O)C(C)(C)N1CC(=O)N2C[C@H](C(=O)OC(C)(C)C)CC[C@@H]2C1. The number of carbonyl (C=O) groups excluding carboxylic acids is 3. The van der Waals surface area contributed by atoms with Crippen LogP contribution in [0.3, 0.4) is 0 Å². The first-order chi connectivity index (χ1) is 11.5. The molecule has 0 aliphatic carbocycles. The van der Waals surface area contributed by atoms with Crippen molar-refractivity contribution in [2.45, 2.75) is 64.6 Å². The molecule has 25 heavy (non-hydrogen) atoms. The van der Waals surface area contributed by atoms with Crippen LogP contribution >= 0.6 is 0 Å². The number of piperazine rings is 1. The highest BCUT2D eigenvalue weighted by molar-refractivity contribution is 5.84. The minimum atomic E-state index is -0.849. The van der Waals surface area contributed by atoms with Crippen molar-refractivity contribution in [2.75, 3.05) is 26.7 Å². The standard InChI is InChI=1S/C18H30N2O5/c1-17(2,3)25-15(22)12-7-8-13-10-19(11-14(21)20(13)9-12)18(4,5)16(23)24-6/h12-13H,7-11H2,1-6H3/t12-,13-/m1/s1. The third-order valence-electron chi connectivity index (χ3n) is 5.00. The van der Waals surface area contributed by atoms with Gasteiger partial charge in [0.25, 0.3) is 0 Å². The Kier molecular flexibility index (Phi) is 5.47. The zero-order chi connectivity index (χ0) is 19.0. The molecule has 0 aromatic rings. The highest BCUT2D eigenvalue weighted by Gasteiger charge is 2.46.